The number of aromatic nitrogens is 1. The van der Waals surface area contributed by atoms with Crippen LogP contribution in [0.5, 0.6) is 0 Å². The van der Waals surface area contributed by atoms with Crippen molar-refractivity contribution in [3.05, 3.63) is 52.8 Å². The van der Waals surface area contributed by atoms with Gasteiger partial charge in [0, 0.05) is 16.5 Å². The summed E-state index contributed by atoms with van der Waals surface area (Å²) in [6, 6.07) is 9.56. The van der Waals surface area contributed by atoms with E-state index in [2.05, 4.69) is 4.98 Å². The van der Waals surface area contributed by atoms with Crippen LogP contribution in [0.1, 0.15) is 5.56 Å². The molecule has 0 spiro atoms. The quantitative estimate of drug-likeness (QED) is 0.572. The fraction of sp³-hybridized carbons (Fsp3) is 0.0714. The smallest absolute Gasteiger partial charge is 0.257 e. The zero-order chi connectivity index (χ0) is 14.1. The summed E-state index contributed by atoms with van der Waals surface area (Å²) in [7, 11) is 0. The van der Waals surface area contributed by atoms with Crippen molar-refractivity contribution >= 4 is 40.1 Å². The molecule has 2 N–H and O–H groups in total. The van der Waals surface area contributed by atoms with Gasteiger partial charge in [-0.1, -0.05) is 23.4 Å². The molecule has 0 aliphatic rings. The Morgan fingerprint density at radius 1 is 1.25 bits per heavy atom. The van der Waals surface area contributed by atoms with Gasteiger partial charge in [-0.25, -0.2) is 9.37 Å². The van der Waals surface area contributed by atoms with Crippen molar-refractivity contribution in [3.63, 3.8) is 0 Å². The highest BCUT2D eigenvalue weighted by atomic mass is 35.5. The summed E-state index contributed by atoms with van der Waals surface area (Å²) < 4.78 is 18.7. The maximum absolute atomic E-state index is 13.2. The van der Waals surface area contributed by atoms with E-state index in [1.54, 1.807) is 24.3 Å². The molecule has 1 heterocycles. The first-order valence-corrected chi connectivity index (χ1v) is 7.21. The number of nitrogen functional groups attached to an aromatic ring is 1. The number of thioether (sulfide) groups is 1. The number of oxazole rings is 1. The Morgan fingerprint density at radius 3 is 2.95 bits per heavy atom. The van der Waals surface area contributed by atoms with E-state index < -0.39 is 0 Å². The largest absolute Gasteiger partial charge is 0.431 e. The van der Waals surface area contributed by atoms with Crippen molar-refractivity contribution in [2.45, 2.75) is 11.0 Å². The Bertz CT molecular complexity index is 775. The van der Waals surface area contributed by atoms with Crippen molar-refractivity contribution in [1.82, 2.24) is 4.98 Å². The SMILES string of the molecule is Nc1ccc2oc(SCc3cc(F)ccc3Cl)nc2c1. The summed E-state index contributed by atoms with van der Waals surface area (Å²) in [5.41, 5.74) is 8.41. The molecule has 102 valence electrons. The van der Waals surface area contributed by atoms with Gasteiger partial charge in [0.15, 0.2) is 5.58 Å². The van der Waals surface area contributed by atoms with Crippen LogP contribution in [0.25, 0.3) is 11.1 Å². The Kier molecular flexibility index (Phi) is 3.54. The number of fused-ring (bicyclic) bond motifs is 1. The van der Waals surface area contributed by atoms with Gasteiger partial charge in [0.2, 0.25) is 0 Å². The summed E-state index contributed by atoms with van der Waals surface area (Å²) >= 11 is 7.37. The highest BCUT2D eigenvalue weighted by molar-refractivity contribution is 7.98. The third-order valence-corrected chi connectivity index (χ3v) is 4.00. The molecule has 20 heavy (non-hydrogen) atoms. The summed E-state index contributed by atoms with van der Waals surface area (Å²) in [4.78, 5) is 4.32. The number of benzene rings is 2. The second kappa shape index (κ2) is 5.34. The van der Waals surface area contributed by atoms with Crippen molar-refractivity contribution in [2.24, 2.45) is 0 Å². The molecular formula is C14H10ClFN2OS. The minimum atomic E-state index is -0.310. The van der Waals surface area contributed by atoms with Crippen LogP contribution in [0.2, 0.25) is 5.02 Å². The highest BCUT2D eigenvalue weighted by Crippen LogP contribution is 2.29. The summed E-state index contributed by atoms with van der Waals surface area (Å²) in [5.74, 6) is 0.175. The second-order valence-electron chi connectivity index (χ2n) is 4.23. The van der Waals surface area contributed by atoms with E-state index in [0.717, 1.165) is 0 Å². The number of halogens is 2. The van der Waals surface area contributed by atoms with E-state index in [4.69, 9.17) is 21.8 Å². The monoisotopic (exact) mass is 308 g/mol. The molecule has 3 nitrogen and oxygen atoms in total. The number of hydrogen-bond acceptors (Lipinski definition) is 4. The van der Waals surface area contributed by atoms with Gasteiger partial charge in [-0.3, -0.25) is 0 Å². The van der Waals surface area contributed by atoms with Crippen molar-refractivity contribution in [3.8, 4) is 0 Å². The summed E-state index contributed by atoms with van der Waals surface area (Å²) in [6.07, 6.45) is 0. The number of rotatable bonds is 3. The van der Waals surface area contributed by atoms with Crippen molar-refractivity contribution in [1.29, 1.82) is 0 Å². The topological polar surface area (TPSA) is 52.0 Å². The van der Waals surface area contributed by atoms with Gasteiger partial charge in [-0.15, -0.1) is 0 Å². The van der Waals surface area contributed by atoms with Gasteiger partial charge in [0.05, 0.1) is 0 Å². The standard InChI is InChI=1S/C14H10ClFN2OS/c15-11-3-1-9(16)5-8(11)7-20-14-18-12-6-10(17)2-4-13(12)19-14/h1-6H,7,17H2. The summed E-state index contributed by atoms with van der Waals surface area (Å²) in [5, 5.41) is 1.03. The lowest BCUT2D eigenvalue weighted by Crippen LogP contribution is -1.85. The first-order valence-electron chi connectivity index (χ1n) is 5.84. The Balaban J connectivity index is 1.81. The lowest BCUT2D eigenvalue weighted by atomic mass is 10.2. The molecule has 0 aliphatic heterocycles. The molecule has 1 aromatic heterocycles. The van der Waals surface area contributed by atoms with Crippen LogP contribution in [-0.2, 0) is 5.75 Å². The maximum atomic E-state index is 13.2. The molecule has 0 fully saturated rings. The molecule has 3 rings (SSSR count). The molecule has 2 aromatic carbocycles. The molecule has 0 unspecified atom stereocenters. The van der Waals surface area contributed by atoms with Crippen molar-refractivity contribution < 1.29 is 8.81 Å². The lowest BCUT2D eigenvalue weighted by molar-refractivity contribution is 0.489. The predicted octanol–water partition coefficient (Wildman–Crippen LogP) is 4.49. The molecule has 0 radical (unpaired) electrons. The van der Waals surface area contributed by atoms with Crippen LogP contribution in [0, 0.1) is 5.82 Å². The van der Waals surface area contributed by atoms with Crippen LogP contribution in [-0.4, -0.2) is 4.98 Å². The Hall–Kier alpha value is -1.72. The van der Waals surface area contributed by atoms with Crippen LogP contribution < -0.4 is 5.73 Å². The number of nitrogens with two attached hydrogens (primary N) is 1. The molecule has 0 bridgehead atoms. The fourth-order valence-corrected chi connectivity index (χ4v) is 2.87. The highest BCUT2D eigenvalue weighted by Gasteiger charge is 2.09. The number of hydrogen-bond donors (Lipinski definition) is 1. The minimum Gasteiger partial charge on any atom is -0.431 e. The number of anilines is 1. The molecule has 0 saturated heterocycles. The molecule has 0 saturated carbocycles. The van der Waals surface area contributed by atoms with Gasteiger partial charge in [-0.2, -0.15) is 0 Å². The molecular weight excluding hydrogens is 299 g/mol. The predicted molar refractivity (Wildman–Crippen MR) is 79.4 cm³/mol. The average molecular weight is 309 g/mol. The average Bonchev–Trinajstić information content (AvgIpc) is 2.81. The van der Waals surface area contributed by atoms with Crippen LogP contribution in [0.15, 0.2) is 46.0 Å². The molecule has 0 aliphatic carbocycles. The molecule has 0 amide bonds. The first kappa shape index (κ1) is 13.3. The Morgan fingerprint density at radius 2 is 2.10 bits per heavy atom. The van der Waals surface area contributed by atoms with E-state index in [0.29, 0.717) is 38.3 Å². The van der Waals surface area contributed by atoms with Gasteiger partial charge >= 0.3 is 0 Å². The third-order valence-electron chi connectivity index (χ3n) is 2.75. The zero-order valence-corrected chi connectivity index (χ0v) is 11.8. The lowest BCUT2D eigenvalue weighted by Gasteiger charge is -2.01. The normalized spacial score (nSPS) is 11.1. The Labute approximate surface area is 123 Å². The maximum Gasteiger partial charge on any atom is 0.257 e. The summed E-state index contributed by atoms with van der Waals surface area (Å²) in [6.45, 7) is 0. The van der Waals surface area contributed by atoms with Gasteiger partial charge < -0.3 is 10.2 Å². The third kappa shape index (κ3) is 2.73. The van der Waals surface area contributed by atoms with Crippen LogP contribution >= 0.6 is 23.4 Å². The van der Waals surface area contributed by atoms with Crippen LogP contribution in [0.3, 0.4) is 0 Å². The number of nitrogens with zero attached hydrogens (tertiary/aromatic N) is 1. The molecule has 3 aromatic rings. The van der Waals surface area contributed by atoms with Gasteiger partial charge in [0.25, 0.3) is 5.22 Å². The first-order chi connectivity index (χ1) is 9.61. The van der Waals surface area contributed by atoms with E-state index in [-0.39, 0.29) is 5.82 Å². The zero-order valence-electron chi connectivity index (χ0n) is 10.3. The second-order valence-corrected chi connectivity index (χ2v) is 5.57. The van der Waals surface area contributed by atoms with Crippen LogP contribution in [0.4, 0.5) is 10.1 Å². The van der Waals surface area contributed by atoms with E-state index in [9.17, 15) is 4.39 Å². The van der Waals surface area contributed by atoms with E-state index >= 15 is 0 Å². The minimum absolute atomic E-state index is 0.310. The van der Waals surface area contributed by atoms with E-state index in [1.807, 2.05) is 0 Å². The molecule has 6 heteroatoms. The van der Waals surface area contributed by atoms with E-state index in [1.165, 1.54) is 23.9 Å². The van der Waals surface area contributed by atoms with Gasteiger partial charge in [0.1, 0.15) is 11.3 Å². The van der Waals surface area contributed by atoms with Gasteiger partial charge in [-0.05, 0) is 42.0 Å². The fourth-order valence-electron chi connectivity index (χ4n) is 1.78. The van der Waals surface area contributed by atoms with Crippen molar-refractivity contribution in [2.75, 3.05) is 5.73 Å². The molecule has 0 atom stereocenters.